The van der Waals surface area contributed by atoms with Crippen molar-refractivity contribution in [3.8, 4) is 5.75 Å². The third-order valence-corrected chi connectivity index (χ3v) is 2.75. The van der Waals surface area contributed by atoms with E-state index in [1.807, 2.05) is 0 Å². The molecule has 0 saturated heterocycles. The molecule has 0 amide bonds. The molecule has 90 valence electrons. The fourth-order valence-electron chi connectivity index (χ4n) is 1.68. The van der Waals surface area contributed by atoms with Gasteiger partial charge in [0.15, 0.2) is 0 Å². The van der Waals surface area contributed by atoms with Crippen LogP contribution in [0, 0.1) is 0 Å². The van der Waals surface area contributed by atoms with E-state index in [4.69, 9.17) is 23.1 Å². The van der Waals surface area contributed by atoms with Crippen LogP contribution >= 0.6 is 11.6 Å². The Morgan fingerprint density at radius 2 is 1.44 bits per heavy atom. The summed E-state index contributed by atoms with van der Waals surface area (Å²) in [5, 5.41) is 10.7. The fraction of sp³-hybridized carbons (Fsp3) is 0.500. The number of rotatable bonds is 6. The maximum atomic E-state index is 10.0. The van der Waals surface area contributed by atoms with Gasteiger partial charge in [0.25, 0.3) is 0 Å². The molecule has 1 aromatic rings. The normalized spacial score (nSPS) is 10.7. The van der Waals surface area contributed by atoms with Crippen molar-refractivity contribution < 1.29 is 5.11 Å². The molecule has 0 atom stereocenters. The van der Waals surface area contributed by atoms with E-state index in [-0.39, 0.29) is 0 Å². The first-order valence-electron chi connectivity index (χ1n) is 5.59. The molecule has 0 aromatic heterocycles. The summed E-state index contributed by atoms with van der Waals surface area (Å²) in [5.41, 5.74) is 12.7. The summed E-state index contributed by atoms with van der Waals surface area (Å²) in [4.78, 5) is 0. The zero-order chi connectivity index (χ0) is 12.0. The maximum absolute atomic E-state index is 10.0. The number of phenolic OH excluding ortho intramolecular Hbond substituents is 1. The van der Waals surface area contributed by atoms with Crippen molar-refractivity contribution in [2.24, 2.45) is 11.5 Å². The highest BCUT2D eigenvalue weighted by atomic mass is 35.5. The summed E-state index contributed by atoms with van der Waals surface area (Å²) in [6.07, 6.45) is 3.23. The number of benzene rings is 1. The Labute approximate surface area is 101 Å². The molecule has 16 heavy (non-hydrogen) atoms. The lowest BCUT2D eigenvalue weighted by molar-refractivity contribution is 0.459. The Morgan fingerprint density at radius 1 is 1.00 bits per heavy atom. The largest absolute Gasteiger partial charge is 0.507 e. The molecular formula is C12H19ClN2O. The van der Waals surface area contributed by atoms with Crippen LogP contribution in [0.3, 0.4) is 0 Å². The molecule has 4 heteroatoms. The minimum atomic E-state index is 0.353. The van der Waals surface area contributed by atoms with E-state index in [0.29, 0.717) is 23.9 Å². The van der Waals surface area contributed by atoms with Crippen molar-refractivity contribution in [1.29, 1.82) is 0 Å². The number of halogens is 1. The lowest BCUT2D eigenvalue weighted by Crippen LogP contribution is -2.03. The lowest BCUT2D eigenvalue weighted by atomic mass is 10.0. The number of aryl methyl sites for hydroxylation is 2. The second-order valence-corrected chi connectivity index (χ2v) is 4.29. The van der Waals surface area contributed by atoms with Crippen LogP contribution in [0.2, 0.25) is 5.02 Å². The zero-order valence-electron chi connectivity index (χ0n) is 9.38. The molecular weight excluding hydrogens is 224 g/mol. The topological polar surface area (TPSA) is 72.3 Å². The molecule has 1 rings (SSSR count). The summed E-state index contributed by atoms with van der Waals surface area (Å²) in [6, 6.07) is 3.61. The minimum absolute atomic E-state index is 0.353. The zero-order valence-corrected chi connectivity index (χ0v) is 10.1. The summed E-state index contributed by atoms with van der Waals surface area (Å²) in [7, 11) is 0. The monoisotopic (exact) mass is 242 g/mol. The van der Waals surface area contributed by atoms with Crippen LogP contribution in [0.15, 0.2) is 12.1 Å². The summed E-state index contributed by atoms with van der Waals surface area (Å²) in [6.45, 7) is 1.23. The van der Waals surface area contributed by atoms with Gasteiger partial charge in [-0.15, -0.1) is 0 Å². The maximum Gasteiger partial charge on any atom is 0.122 e. The standard InChI is InChI=1S/C12H19ClN2O/c13-11-7-9(3-1-5-14)12(16)10(8-11)4-2-6-15/h7-8,16H,1-6,14-15H2. The first-order chi connectivity index (χ1) is 7.69. The van der Waals surface area contributed by atoms with Crippen LogP contribution in [0.1, 0.15) is 24.0 Å². The molecule has 0 aliphatic heterocycles. The van der Waals surface area contributed by atoms with Crippen LogP contribution < -0.4 is 11.5 Å². The average molecular weight is 243 g/mol. The molecule has 0 spiro atoms. The van der Waals surface area contributed by atoms with Gasteiger partial charge >= 0.3 is 0 Å². The smallest absolute Gasteiger partial charge is 0.122 e. The predicted molar refractivity (Wildman–Crippen MR) is 67.9 cm³/mol. The Hall–Kier alpha value is -0.770. The summed E-state index contributed by atoms with van der Waals surface area (Å²) in [5.74, 6) is 0.353. The quantitative estimate of drug-likeness (QED) is 0.713. The third-order valence-electron chi connectivity index (χ3n) is 2.53. The van der Waals surface area contributed by atoms with Gasteiger partial charge in [-0.05, 0) is 62.0 Å². The van der Waals surface area contributed by atoms with E-state index in [0.717, 1.165) is 36.8 Å². The SMILES string of the molecule is NCCCc1cc(Cl)cc(CCCN)c1O. The Bertz CT molecular complexity index is 313. The van der Waals surface area contributed by atoms with Gasteiger partial charge in [-0.25, -0.2) is 0 Å². The van der Waals surface area contributed by atoms with E-state index in [1.165, 1.54) is 0 Å². The van der Waals surface area contributed by atoms with E-state index in [9.17, 15) is 5.11 Å². The third kappa shape index (κ3) is 3.67. The molecule has 0 heterocycles. The van der Waals surface area contributed by atoms with Crippen molar-refractivity contribution in [3.63, 3.8) is 0 Å². The predicted octanol–water partition coefficient (Wildman–Crippen LogP) is 1.83. The molecule has 0 bridgehead atoms. The molecule has 0 fully saturated rings. The molecule has 0 radical (unpaired) electrons. The molecule has 3 nitrogen and oxygen atoms in total. The van der Waals surface area contributed by atoms with Crippen molar-refractivity contribution in [2.45, 2.75) is 25.7 Å². The van der Waals surface area contributed by atoms with Gasteiger partial charge in [0.05, 0.1) is 0 Å². The van der Waals surface area contributed by atoms with Crippen LogP contribution in [0.4, 0.5) is 0 Å². The Morgan fingerprint density at radius 3 is 1.81 bits per heavy atom. The fourth-order valence-corrected chi connectivity index (χ4v) is 1.95. The van der Waals surface area contributed by atoms with Gasteiger partial charge < -0.3 is 16.6 Å². The number of aromatic hydroxyl groups is 1. The number of nitrogens with two attached hydrogens (primary N) is 2. The highest BCUT2D eigenvalue weighted by Crippen LogP contribution is 2.29. The van der Waals surface area contributed by atoms with Gasteiger partial charge in [0.1, 0.15) is 5.75 Å². The van der Waals surface area contributed by atoms with E-state index >= 15 is 0 Å². The number of phenols is 1. The first-order valence-corrected chi connectivity index (χ1v) is 5.97. The van der Waals surface area contributed by atoms with E-state index in [1.54, 1.807) is 12.1 Å². The van der Waals surface area contributed by atoms with Crippen LogP contribution in [0.25, 0.3) is 0 Å². The second-order valence-electron chi connectivity index (χ2n) is 3.86. The molecule has 0 saturated carbocycles. The van der Waals surface area contributed by atoms with Gasteiger partial charge in [0, 0.05) is 5.02 Å². The van der Waals surface area contributed by atoms with Crippen molar-refractivity contribution >= 4 is 11.6 Å². The Kier molecular flexibility index (Phi) is 5.60. The summed E-state index contributed by atoms with van der Waals surface area (Å²) < 4.78 is 0. The highest BCUT2D eigenvalue weighted by molar-refractivity contribution is 6.30. The van der Waals surface area contributed by atoms with Crippen LogP contribution in [-0.2, 0) is 12.8 Å². The van der Waals surface area contributed by atoms with Crippen molar-refractivity contribution in [3.05, 3.63) is 28.3 Å². The number of hydrogen-bond acceptors (Lipinski definition) is 3. The second kappa shape index (κ2) is 6.74. The average Bonchev–Trinajstić information content (AvgIpc) is 2.28. The van der Waals surface area contributed by atoms with Gasteiger partial charge in [-0.2, -0.15) is 0 Å². The molecule has 5 N–H and O–H groups in total. The molecule has 0 unspecified atom stereocenters. The van der Waals surface area contributed by atoms with Crippen LogP contribution in [-0.4, -0.2) is 18.2 Å². The Balaban J connectivity index is 2.86. The van der Waals surface area contributed by atoms with Gasteiger partial charge in [-0.3, -0.25) is 0 Å². The number of hydrogen-bond donors (Lipinski definition) is 3. The molecule has 1 aromatic carbocycles. The summed E-state index contributed by atoms with van der Waals surface area (Å²) >= 11 is 6.01. The minimum Gasteiger partial charge on any atom is -0.507 e. The van der Waals surface area contributed by atoms with Crippen molar-refractivity contribution in [2.75, 3.05) is 13.1 Å². The van der Waals surface area contributed by atoms with Crippen molar-refractivity contribution in [1.82, 2.24) is 0 Å². The van der Waals surface area contributed by atoms with Crippen LogP contribution in [0.5, 0.6) is 5.75 Å². The van der Waals surface area contributed by atoms with E-state index < -0.39 is 0 Å². The van der Waals surface area contributed by atoms with Gasteiger partial charge in [-0.1, -0.05) is 11.6 Å². The molecule has 0 aliphatic carbocycles. The molecule has 0 aliphatic rings. The highest BCUT2D eigenvalue weighted by Gasteiger charge is 2.08. The van der Waals surface area contributed by atoms with E-state index in [2.05, 4.69) is 0 Å². The lowest BCUT2D eigenvalue weighted by Gasteiger charge is -2.10. The van der Waals surface area contributed by atoms with Gasteiger partial charge in [0.2, 0.25) is 0 Å². The first kappa shape index (κ1) is 13.3.